The molecule has 32 heavy (non-hydrogen) atoms. The fraction of sp³-hybridized carbons (Fsp3) is 0.0833. The lowest BCUT2D eigenvalue weighted by Gasteiger charge is -2.09. The normalized spacial score (nSPS) is 11.8. The Labute approximate surface area is 181 Å². The van der Waals surface area contributed by atoms with Gasteiger partial charge in [-0.3, -0.25) is 14.2 Å². The van der Waals surface area contributed by atoms with Gasteiger partial charge in [0.2, 0.25) is 5.78 Å². The summed E-state index contributed by atoms with van der Waals surface area (Å²) in [4.78, 5) is 42.0. The maximum absolute atomic E-state index is 13.6. The van der Waals surface area contributed by atoms with Gasteiger partial charge in [0.15, 0.2) is 5.82 Å². The van der Waals surface area contributed by atoms with Gasteiger partial charge in [0, 0.05) is 6.54 Å². The first-order chi connectivity index (χ1) is 15.5. The van der Waals surface area contributed by atoms with Gasteiger partial charge in [-0.15, -0.1) is 0 Å². The number of halogens is 1. The highest BCUT2D eigenvalue weighted by Gasteiger charge is 2.30. The number of carbonyl (C=O) groups is 2. The Morgan fingerprint density at radius 1 is 1.00 bits per heavy atom. The molecular weight excluding hydrogens is 413 g/mol. The highest BCUT2D eigenvalue weighted by Crippen LogP contribution is 2.27. The zero-order valence-corrected chi connectivity index (χ0v) is 16.7. The van der Waals surface area contributed by atoms with E-state index in [0.29, 0.717) is 16.8 Å². The van der Waals surface area contributed by atoms with Crippen LogP contribution in [0.5, 0.6) is 0 Å². The number of rotatable bonds is 4. The van der Waals surface area contributed by atoms with Gasteiger partial charge in [-0.25, -0.2) is 14.2 Å². The molecule has 0 aliphatic carbocycles. The molecule has 5 rings (SSSR count). The van der Waals surface area contributed by atoms with Crippen LogP contribution in [0.3, 0.4) is 0 Å². The monoisotopic (exact) mass is 429 g/mol. The number of ketones is 1. The van der Waals surface area contributed by atoms with Gasteiger partial charge in [0.05, 0.1) is 22.2 Å². The molecule has 158 valence electrons. The number of hydrogen-bond donors (Lipinski definition) is 1. The van der Waals surface area contributed by atoms with Crippen molar-refractivity contribution in [2.24, 2.45) is 0 Å². The summed E-state index contributed by atoms with van der Waals surface area (Å²) < 4.78 is 20.0. The minimum Gasteiger partial charge on any atom is -0.445 e. The van der Waals surface area contributed by atoms with Crippen LogP contribution in [-0.2, 0) is 17.9 Å². The van der Waals surface area contributed by atoms with Crippen molar-refractivity contribution in [2.45, 2.75) is 13.2 Å². The van der Waals surface area contributed by atoms with E-state index < -0.39 is 23.3 Å². The Kier molecular flexibility index (Phi) is 4.74. The molecule has 0 bridgehead atoms. The van der Waals surface area contributed by atoms with Crippen molar-refractivity contribution in [2.75, 3.05) is 0 Å². The van der Waals surface area contributed by atoms with Gasteiger partial charge < -0.3 is 10.1 Å². The summed E-state index contributed by atoms with van der Waals surface area (Å²) in [6.07, 6.45) is -0.584. The van der Waals surface area contributed by atoms with Gasteiger partial charge in [-0.1, -0.05) is 36.4 Å². The maximum Gasteiger partial charge on any atom is 0.407 e. The Morgan fingerprint density at radius 3 is 2.62 bits per heavy atom. The minimum absolute atomic E-state index is 0.0431. The van der Waals surface area contributed by atoms with Crippen LogP contribution in [0.1, 0.15) is 27.3 Å². The number of fused-ring (bicyclic) bond motifs is 4. The van der Waals surface area contributed by atoms with Crippen molar-refractivity contribution in [3.05, 3.63) is 105 Å². The molecule has 0 saturated carbocycles. The predicted octanol–water partition coefficient (Wildman–Crippen LogP) is 3.50. The van der Waals surface area contributed by atoms with E-state index in [-0.39, 0.29) is 29.9 Å². The second-order valence-electron chi connectivity index (χ2n) is 7.33. The lowest BCUT2D eigenvalue weighted by atomic mass is 10.1. The van der Waals surface area contributed by atoms with Crippen molar-refractivity contribution < 1.29 is 18.7 Å². The van der Waals surface area contributed by atoms with E-state index in [4.69, 9.17) is 4.74 Å². The van der Waals surface area contributed by atoms with Crippen LogP contribution in [0, 0.1) is 5.82 Å². The van der Waals surface area contributed by atoms with E-state index in [2.05, 4.69) is 10.3 Å². The van der Waals surface area contributed by atoms with Gasteiger partial charge in [0.25, 0.3) is 5.56 Å². The van der Waals surface area contributed by atoms with Gasteiger partial charge >= 0.3 is 6.09 Å². The first kappa shape index (κ1) is 19.6. The highest BCUT2D eigenvalue weighted by atomic mass is 19.1. The van der Waals surface area contributed by atoms with Crippen LogP contribution in [0.2, 0.25) is 0 Å². The third-order valence-electron chi connectivity index (χ3n) is 5.23. The van der Waals surface area contributed by atoms with Crippen molar-refractivity contribution in [1.29, 1.82) is 0 Å². The third-order valence-corrected chi connectivity index (χ3v) is 5.23. The summed E-state index contributed by atoms with van der Waals surface area (Å²) in [6, 6.07) is 17.9. The van der Waals surface area contributed by atoms with Gasteiger partial charge in [-0.05, 0) is 41.5 Å². The van der Waals surface area contributed by atoms with Gasteiger partial charge in [0.1, 0.15) is 12.4 Å². The molecule has 1 amide bonds. The fourth-order valence-corrected chi connectivity index (χ4v) is 3.67. The molecule has 4 aromatic rings. The van der Waals surface area contributed by atoms with Crippen molar-refractivity contribution in [1.82, 2.24) is 14.9 Å². The molecular formula is C24H16FN3O4. The van der Waals surface area contributed by atoms with Crippen LogP contribution < -0.4 is 10.9 Å². The van der Waals surface area contributed by atoms with Crippen LogP contribution in [-0.4, -0.2) is 21.4 Å². The summed E-state index contributed by atoms with van der Waals surface area (Å²) in [6.45, 7) is 0.293. The minimum atomic E-state index is -0.584. The molecule has 8 heteroatoms. The topological polar surface area (TPSA) is 90.3 Å². The Bertz CT molecular complexity index is 1450. The molecule has 0 fully saturated rings. The first-order valence-corrected chi connectivity index (χ1v) is 9.86. The van der Waals surface area contributed by atoms with Crippen molar-refractivity contribution in [3.8, 4) is 5.69 Å². The van der Waals surface area contributed by atoms with Crippen LogP contribution >= 0.6 is 0 Å². The van der Waals surface area contributed by atoms with E-state index in [1.54, 1.807) is 18.2 Å². The SMILES string of the molecule is O=C(NCc1ccc2nc3n(c(=O)c2c1)-c1ccc(F)cc1C3=O)OCc1ccccc1. The van der Waals surface area contributed by atoms with E-state index in [1.807, 2.05) is 30.3 Å². The Morgan fingerprint density at radius 2 is 1.81 bits per heavy atom. The average molecular weight is 429 g/mol. The second kappa shape index (κ2) is 7.73. The molecule has 1 aromatic heterocycles. The maximum atomic E-state index is 13.6. The number of alkyl carbamates (subject to hydrolysis) is 1. The van der Waals surface area contributed by atoms with E-state index >= 15 is 0 Å². The molecule has 0 saturated heterocycles. The number of amides is 1. The largest absolute Gasteiger partial charge is 0.445 e. The average Bonchev–Trinajstić information content (AvgIpc) is 3.08. The molecule has 7 nitrogen and oxygen atoms in total. The summed E-state index contributed by atoms with van der Waals surface area (Å²) in [7, 11) is 0. The van der Waals surface area contributed by atoms with Crippen LogP contribution in [0.25, 0.3) is 16.6 Å². The van der Waals surface area contributed by atoms with E-state index in [0.717, 1.165) is 11.6 Å². The molecule has 1 aliphatic heterocycles. The summed E-state index contributed by atoms with van der Waals surface area (Å²) in [5.74, 6) is -1.10. The lowest BCUT2D eigenvalue weighted by molar-refractivity contribution is 0.103. The number of hydrogen-bond acceptors (Lipinski definition) is 5. The number of nitrogens with zero attached hydrogens (tertiary/aromatic N) is 2. The quantitative estimate of drug-likeness (QED) is 0.472. The number of benzene rings is 3. The standard InChI is InChI=1S/C24H16FN3O4/c25-16-7-9-20-18(11-16)21(29)22-27-19-8-6-15(10-17(19)23(30)28(20)22)12-26-24(31)32-13-14-4-2-1-3-5-14/h1-11H,12-13H2,(H,26,31). The number of carbonyl (C=O) groups excluding carboxylic acids is 2. The predicted molar refractivity (Wildman–Crippen MR) is 114 cm³/mol. The number of nitrogens with one attached hydrogen (secondary N) is 1. The number of ether oxygens (including phenoxy) is 1. The smallest absolute Gasteiger partial charge is 0.407 e. The van der Waals surface area contributed by atoms with E-state index in [1.165, 1.54) is 16.7 Å². The third kappa shape index (κ3) is 3.41. The van der Waals surface area contributed by atoms with Crippen LogP contribution in [0.4, 0.5) is 9.18 Å². The highest BCUT2D eigenvalue weighted by molar-refractivity contribution is 6.13. The Hall–Kier alpha value is -4.33. The Balaban J connectivity index is 1.38. The van der Waals surface area contributed by atoms with Crippen LogP contribution in [0.15, 0.2) is 71.5 Å². The first-order valence-electron chi connectivity index (χ1n) is 9.86. The molecule has 0 spiro atoms. The molecule has 3 aromatic carbocycles. The number of aromatic nitrogens is 2. The van der Waals surface area contributed by atoms with Gasteiger partial charge in [-0.2, -0.15) is 0 Å². The summed E-state index contributed by atoms with van der Waals surface area (Å²) >= 11 is 0. The lowest BCUT2D eigenvalue weighted by Crippen LogP contribution is -2.24. The van der Waals surface area contributed by atoms with Crippen molar-refractivity contribution >= 4 is 22.8 Å². The molecule has 0 atom stereocenters. The second-order valence-corrected chi connectivity index (χ2v) is 7.33. The van der Waals surface area contributed by atoms with Crippen molar-refractivity contribution in [3.63, 3.8) is 0 Å². The summed E-state index contributed by atoms with van der Waals surface area (Å²) in [5.41, 5.74) is 1.86. The summed E-state index contributed by atoms with van der Waals surface area (Å²) in [5, 5.41) is 2.94. The molecule has 0 radical (unpaired) electrons. The molecule has 2 heterocycles. The van der Waals surface area contributed by atoms with E-state index in [9.17, 15) is 18.8 Å². The fourth-order valence-electron chi connectivity index (χ4n) is 3.67. The molecule has 0 unspecified atom stereocenters. The molecule has 1 N–H and O–H groups in total. The molecule has 1 aliphatic rings. The zero-order valence-electron chi connectivity index (χ0n) is 16.7. The zero-order chi connectivity index (χ0) is 22.2.